The van der Waals surface area contributed by atoms with Crippen molar-refractivity contribution in [3.63, 3.8) is 0 Å². The molecule has 0 fully saturated rings. The Morgan fingerprint density at radius 2 is 2.05 bits per heavy atom. The highest BCUT2D eigenvalue weighted by atomic mass is 79.9. The molecule has 1 aromatic carbocycles. The van der Waals surface area contributed by atoms with Gasteiger partial charge in [0.1, 0.15) is 5.82 Å². The van der Waals surface area contributed by atoms with E-state index in [1.165, 1.54) is 12.1 Å². The van der Waals surface area contributed by atoms with Gasteiger partial charge >= 0.3 is 0 Å². The number of carbonyl (C=O) groups excluding carboxylic acids is 1. The lowest BCUT2D eigenvalue weighted by atomic mass is 10.2. The minimum Gasteiger partial charge on any atom is -0.319 e. The van der Waals surface area contributed by atoms with E-state index in [-0.39, 0.29) is 17.5 Å². The number of hydrogen-bond acceptors (Lipinski definition) is 2. The fourth-order valence-electron chi connectivity index (χ4n) is 2.17. The maximum absolute atomic E-state index is 13.5. The molecule has 0 spiro atoms. The topological polar surface area (TPSA) is 46.9 Å². The van der Waals surface area contributed by atoms with Crippen LogP contribution in [-0.2, 0) is 0 Å². The molecular weight excluding hydrogens is 337 g/mol. The Morgan fingerprint density at radius 1 is 1.38 bits per heavy atom. The molecule has 6 heteroatoms. The highest BCUT2D eigenvalue weighted by molar-refractivity contribution is 9.10. The van der Waals surface area contributed by atoms with Crippen LogP contribution in [-0.4, -0.2) is 15.7 Å². The normalized spacial score (nSPS) is 11.0. The van der Waals surface area contributed by atoms with Crippen LogP contribution in [0.2, 0.25) is 0 Å². The zero-order valence-electron chi connectivity index (χ0n) is 12.4. The molecule has 1 amide bonds. The Bertz CT molecular complexity index is 694. The molecule has 1 heterocycles. The van der Waals surface area contributed by atoms with Gasteiger partial charge in [-0.25, -0.2) is 4.39 Å². The Morgan fingerprint density at radius 3 is 2.57 bits per heavy atom. The maximum atomic E-state index is 13.5. The van der Waals surface area contributed by atoms with E-state index in [4.69, 9.17) is 0 Å². The average molecular weight is 354 g/mol. The standard InChI is InChI=1S/C15H17BrFN3O/c1-8(2)20-10(4)14(9(3)19-20)18-15(21)11-5-6-12(16)13(17)7-11/h5-8H,1-4H3,(H,18,21). The van der Waals surface area contributed by atoms with Gasteiger partial charge in [0.05, 0.1) is 21.5 Å². The summed E-state index contributed by atoms with van der Waals surface area (Å²) in [5, 5.41) is 7.22. The number of carbonyl (C=O) groups is 1. The molecule has 112 valence electrons. The van der Waals surface area contributed by atoms with E-state index in [1.807, 2.05) is 32.4 Å². The van der Waals surface area contributed by atoms with Crippen molar-refractivity contribution in [3.05, 3.63) is 45.4 Å². The van der Waals surface area contributed by atoms with Crippen LogP contribution in [0.5, 0.6) is 0 Å². The summed E-state index contributed by atoms with van der Waals surface area (Å²) in [4.78, 5) is 12.2. The highest BCUT2D eigenvalue weighted by Crippen LogP contribution is 2.23. The van der Waals surface area contributed by atoms with Crippen molar-refractivity contribution in [2.24, 2.45) is 0 Å². The number of hydrogen-bond donors (Lipinski definition) is 1. The Kier molecular flexibility index (Phi) is 4.46. The van der Waals surface area contributed by atoms with Crippen molar-refractivity contribution < 1.29 is 9.18 Å². The monoisotopic (exact) mass is 353 g/mol. The Labute approximate surface area is 131 Å². The molecule has 0 unspecified atom stereocenters. The van der Waals surface area contributed by atoms with Gasteiger partial charge in [-0.1, -0.05) is 0 Å². The van der Waals surface area contributed by atoms with Crippen LogP contribution >= 0.6 is 15.9 Å². The molecule has 0 saturated heterocycles. The third-order valence-corrected chi connectivity index (χ3v) is 3.88. The average Bonchev–Trinajstić information content (AvgIpc) is 2.70. The minimum absolute atomic E-state index is 0.208. The molecule has 1 N–H and O–H groups in total. The molecule has 0 radical (unpaired) electrons. The summed E-state index contributed by atoms with van der Waals surface area (Å²) in [5.74, 6) is -0.815. The van der Waals surface area contributed by atoms with E-state index in [9.17, 15) is 9.18 Å². The fraction of sp³-hybridized carbons (Fsp3) is 0.333. The van der Waals surface area contributed by atoms with E-state index in [1.54, 1.807) is 6.07 Å². The predicted octanol–water partition coefficient (Wildman–Crippen LogP) is 4.23. The first kappa shape index (κ1) is 15.7. The second-order valence-corrected chi connectivity index (χ2v) is 6.02. The van der Waals surface area contributed by atoms with E-state index in [0.29, 0.717) is 10.2 Å². The van der Waals surface area contributed by atoms with E-state index < -0.39 is 5.82 Å². The first-order valence-corrected chi connectivity index (χ1v) is 7.42. The molecule has 21 heavy (non-hydrogen) atoms. The van der Waals surface area contributed by atoms with Crippen LogP contribution in [0.1, 0.15) is 41.6 Å². The Balaban J connectivity index is 2.29. The van der Waals surface area contributed by atoms with Crippen molar-refractivity contribution in [3.8, 4) is 0 Å². The molecule has 0 bridgehead atoms. The summed E-state index contributed by atoms with van der Waals surface area (Å²) in [6.45, 7) is 7.78. The van der Waals surface area contributed by atoms with Crippen molar-refractivity contribution in [2.75, 3.05) is 5.32 Å². The van der Waals surface area contributed by atoms with E-state index in [2.05, 4.69) is 26.3 Å². The molecule has 0 aliphatic heterocycles. The zero-order chi connectivity index (χ0) is 15.7. The fourth-order valence-corrected chi connectivity index (χ4v) is 2.42. The van der Waals surface area contributed by atoms with Gasteiger partial charge in [-0.3, -0.25) is 9.48 Å². The summed E-state index contributed by atoms with van der Waals surface area (Å²) in [5.41, 5.74) is 2.57. The summed E-state index contributed by atoms with van der Waals surface area (Å²) >= 11 is 3.07. The van der Waals surface area contributed by atoms with Gasteiger partial charge in [0.25, 0.3) is 5.91 Å². The minimum atomic E-state index is -0.464. The van der Waals surface area contributed by atoms with Crippen LogP contribution in [0.15, 0.2) is 22.7 Å². The number of amides is 1. The van der Waals surface area contributed by atoms with Gasteiger partial charge in [-0.2, -0.15) is 5.10 Å². The summed E-state index contributed by atoms with van der Waals surface area (Å²) < 4.78 is 15.7. The van der Waals surface area contributed by atoms with Gasteiger partial charge < -0.3 is 5.32 Å². The molecule has 2 aromatic rings. The van der Waals surface area contributed by atoms with Crippen molar-refractivity contribution in [1.82, 2.24) is 9.78 Å². The molecule has 0 atom stereocenters. The number of aromatic nitrogens is 2. The molecular formula is C15H17BrFN3O. The van der Waals surface area contributed by atoms with Gasteiger partial charge in [-0.15, -0.1) is 0 Å². The summed E-state index contributed by atoms with van der Waals surface area (Å²) in [6, 6.07) is 4.50. The third kappa shape index (κ3) is 3.15. The molecule has 0 aliphatic carbocycles. The first-order chi connectivity index (χ1) is 9.81. The Hall–Kier alpha value is -1.69. The van der Waals surface area contributed by atoms with Gasteiger partial charge in [-0.05, 0) is 61.8 Å². The zero-order valence-corrected chi connectivity index (χ0v) is 14.0. The molecule has 0 saturated carbocycles. The van der Waals surface area contributed by atoms with Crippen molar-refractivity contribution in [2.45, 2.75) is 33.7 Å². The molecule has 4 nitrogen and oxygen atoms in total. The van der Waals surface area contributed by atoms with Gasteiger partial charge in [0.15, 0.2) is 0 Å². The number of nitrogens with one attached hydrogen (secondary N) is 1. The highest BCUT2D eigenvalue weighted by Gasteiger charge is 2.17. The largest absolute Gasteiger partial charge is 0.319 e. The van der Waals surface area contributed by atoms with Gasteiger partial charge in [0.2, 0.25) is 0 Å². The van der Waals surface area contributed by atoms with Crippen LogP contribution < -0.4 is 5.32 Å². The lowest BCUT2D eigenvalue weighted by molar-refractivity contribution is 0.102. The maximum Gasteiger partial charge on any atom is 0.255 e. The first-order valence-electron chi connectivity index (χ1n) is 6.63. The number of aryl methyl sites for hydroxylation is 1. The van der Waals surface area contributed by atoms with Crippen LogP contribution in [0, 0.1) is 19.7 Å². The van der Waals surface area contributed by atoms with Gasteiger partial charge in [0, 0.05) is 11.6 Å². The molecule has 1 aromatic heterocycles. The quantitative estimate of drug-likeness (QED) is 0.897. The van der Waals surface area contributed by atoms with Crippen molar-refractivity contribution in [1.29, 1.82) is 0 Å². The number of halogens is 2. The van der Waals surface area contributed by atoms with E-state index >= 15 is 0 Å². The van der Waals surface area contributed by atoms with Crippen LogP contribution in [0.3, 0.4) is 0 Å². The smallest absolute Gasteiger partial charge is 0.255 e. The van der Waals surface area contributed by atoms with Crippen LogP contribution in [0.4, 0.5) is 10.1 Å². The lowest BCUT2D eigenvalue weighted by Crippen LogP contribution is -2.13. The SMILES string of the molecule is Cc1nn(C(C)C)c(C)c1NC(=O)c1ccc(Br)c(F)c1. The number of anilines is 1. The second kappa shape index (κ2) is 5.97. The lowest BCUT2D eigenvalue weighted by Gasteiger charge is -2.09. The number of rotatable bonds is 3. The molecule has 0 aliphatic rings. The van der Waals surface area contributed by atoms with E-state index in [0.717, 1.165) is 11.4 Å². The summed E-state index contributed by atoms with van der Waals surface area (Å²) in [7, 11) is 0. The number of nitrogens with zero attached hydrogens (tertiary/aromatic N) is 2. The third-order valence-electron chi connectivity index (χ3n) is 3.23. The predicted molar refractivity (Wildman–Crippen MR) is 84.1 cm³/mol. The van der Waals surface area contributed by atoms with Crippen molar-refractivity contribution >= 4 is 27.5 Å². The van der Waals surface area contributed by atoms with Crippen LogP contribution in [0.25, 0.3) is 0 Å². The summed E-state index contributed by atoms with van der Waals surface area (Å²) in [6.07, 6.45) is 0. The molecule has 2 rings (SSSR count). The second-order valence-electron chi connectivity index (χ2n) is 5.17. The number of benzene rings is 1.